The number of nitrogens with zero attached hydrogens (tertiary/aromatic N) is 2. The van der Waals surface area contributed by atoms with E-state index in [-0.39, 0.29) is 0 Å². The normalized spacial score (nSPS) is 10.4. The summed E-state index contributed by atoms with van der Waals surface area (Å²) in [7, 11) is 0. The first-order chi connectivity index (χ1) is 10.7. The lowest BCUT2D eigenvalue weighted by molar-refractivity contribution is 0.391. The van der Waals surface area contributed by atoms with Gasteiger partial charge in [-0.25, -0.2) is 0 Å². The minimum absolute atomic E-state index is 0.621. The standard InChI is InChI=1S/C17H15N3OS/c1-11-3-4-13(17-6-5-15(9-18)22-17)8-16(11)19-10-14-7-12(2)21-20-14/h3-8,19H,10H2,1-2H3. The molecule has 0 saturated heterocycles. The number of hydrogen-bond donors (Lipinski definition) is 1. The molecule has 0 unspecified atom stereocenters. The average molecular weight is 309 g/mol. The van der Waals surface area contributed by atoms with Crippen LogP contribution in [0.25, 0.3) is 10.4 Å². The van der Waals surface area contributed by atoms with Crippen molar-refractivity contribution in [3.63, 3.8) is 0 Å². The van der Waals surface area contributed by atoms with Crippen LogP contribution in [0.3, 0.4) is 0 Å². The van der Waals surface area contributed by atoms with Gasteiger partial charge in [-0.05, 0) is 43.2 Å². The van der Waals surface area contributed by atoms with Gasteiger partial charge in [0.25, 0.3) is 0 Å². The molecular formula is C17H15N3OS. The lowest BCUT2D eigenvalue weighted by Gasteiger charge is -2.10. The molecule has 0 atom stereocenters. The fourth-order valence-corrected chi connectivity index (χ4v) is 3.01. The highest BCUT2D eigenvalue weighted by molar-refractivity contribution is 7.16. The number of aromatic nitrogens is 1. The Balaban J connectivity index is 1.82. The van der Waals surface area contributed by atoms with E-state index in [1.165, 1.54) is 16.9 Å². The van der Waals surface area contributed by atoms with E-state index < -0.39 is 0 Å². The Bertz CT molecular complexity index is 842. The number of nitriles is 1. The second-order valence-corrected chi connectivity index (χ2v) is 6.17. The van der Waals surface area contributed by atoms with Crippen LogP contribution in [0.5, 0.6) is 0 Å². The Morgan fingerprint density at radius 2 is 2.09 bits per heavy atom. The molecule has 0 radical (unpaired) electrons. The van der Waals surface area contributed by atoms with E-state index in [1.54, 1.807) is 0 Å². The molecule has 22 heavy (non-hydrogen) atoms. The monoisotopic (exact) mass is 309 g/mol. The highest BCUT2D eigenvalue weighted by atomic mass is 32.1. The van der Waals surface area contributed by atoms with E-state index in [0.717, 1.165) is 32.5 Å². The van der Waals surface area contributed by atoms with Crippen molar-refractivity contribution < 1.29 is 4.52 Å². The predicted molar refractivity (Wildman–Crippen MR) is 87.8 cm³/mol. The third-order valence-electron chi connectivity index (χ3n) is 3.38. The molecule has 2 aromatic heterocycles. The molecule has 0 fully saturated rings. The van der Waals surface area contributed by atoms with Gasteiger partial charge < -0.3 is 9.84 Å². The van der Waals surface area contributed by atoms with Gasteiger partial charge in [-0.1, -0.05) is 17.3 Å². The molecule has 3 aromatic rings. The van der Waals surface area contributed by atoms with Crippen LogP contribution in [0, 0.1) is 25.2 Å². The molecule has 0 aliphatic carbocycles. The molecule has 1 aromatic carbocycles. The first kappa shape index (κ1) is 14.4. The first-order valence-corrected chi connectivity index (χ1v) is 7.74. The van der Waals surface area contributed by atoms with Crippen molar-refractivity contribution in [3.05, 3.63) is 58.3 Å². The molecule has 0 saturated carbocycles. The molecule has 3 rings (SSSR count). The zero-order chi connectivity index (χ0) is 15.5. The van der Waals surface area contributed by atoms with Crippen LogP contribution in [0.1, 0.15) is 21.9 Å². The van der Waals surface area contributed by atoms with Crippen molar-refractivity contribution in [2.24, 2.45) is 0 Å². The number of aryl methyl sites for hydroxylation is 2. The minimum atomic E-state index is 0.621. The molecule has 0 amide bonds. The maximum absolute atomic E-state index is 8.94. The summed E-state index contributed by atoms with van der Waals surface area (Å²) in [6.07, 6.45) is 0. The highest BCUT2D eigenvalue weighted by Gasteiger charge is 2.07. The van der Waals surface area contributed by atoms with Crippen LogP contribution in [-0.4, -0.2) is 5.16 Å². The topological polar surface area (TPSA) is 61.9 Å². The Hall–Kier alpha value is -2.58. The molecule has 0 aliphatic rings. The number of hydrogen-bond acceptors (Lipinski definition) is 5. The number of nitrogens with one attached hydrogen (secondary N) is 1. The summed E-state index contributed by atoms with van der Waals surface area (Å²) in [5.41, 5.74) is 4.22. The van der Waals surface area contributed by atoms with Crippen LogP contribution >= 0.6 is 11.3 Å². The summed E-state index contributed by atoms with van der Waals surface area (Å²) in [6.45, 7) is 4.57. The molecule has 1 N–H and O–H groups in total. The molecule has 0 spiro atoms. The van der Waals surface area contributed by atoms with Gasteiger partial charge in [0.1, 0.15) is 22.4 Å². The zero-order valence-electron chi connectivity index (χ0n) is 12.4. The van der Waals surface area contributed by atoms with E-state index in [1.807, 2.05) is 25.1 Å². The predicted octanol–water partition coefficient (Wildman–Crippen LogP) is 4.50. The fraction of sp³-hybridized carbons (Fsp3) is 0.176. The van der Waals surface area contributed by atoms with Gasteiger partial charge in [-0.2, -0.15) is 5.26 Å². The third-order valence-corrected chi connectivity index (χ3v) is 4.41. The zero-order valence-corrected chi connectivity index (χ0v) is 13.2. The quantitative estimate of drug-likeness (QED) is 0.770. The average Bonchev–Trinajstić information content (AvgIpc) is 3.15. The summed E-state index contributed by atoms with van der Waals surface area (Å²) < 4.78 is 5.07. The maximum Gasteiger partial charge on any atom is 0.133 e. The van der Waals surface area contributed by atoms with Crippen molar-refractivity contribution in [1.82, 2.24) is 5.16 Å². The summed E-state index contributed by atoms with van der Waals surface area (Å²) >= 11 is 1.50. The van der Waals surface area contributed by atoms with E-state index in [2.05, 4.69) is 41.7 Å². The Labute approximate surface area is 133 Å². The molecule has 110 valence electrons. The van der Waals surface area contributed by atoms with Gasteiger partial charge in [0, 0.05) is 16.6 Å². The molecular weight excluding hydrogens is 294 g/mol. The fourth-order valence-electron chi connectivity index (χ4n) is 2.21. The van der Waals surface area contributed by atoms with Gasteiger partial charge in [-0.15, -0.1) is 11.3 Å². The maximum atomic E-state index is 8.94. The van der Waals surface area contributed by atoms with Gasteiger partial charge in [-0.3, -0.25) is 0 Å². The van der Waals surface area contributed by atoms with Crippen LogP contribution in [0.2, 0.25) is 0 Å². The first-order valence-electron chi connectivity index (χ1n) is 6.93. The Morgan fingerprint density at radius 1 is 1.23 bits per heavy atom. The molecule has 0 bridgehead atoms. The van der Waals surface area contributed by atoms with Gasteiger partial charge in [0.2, 0.25) is 0 Å². The van der Waals surface area contributed by atoms with Gasteiger partial charge in [0.05, 0.1) is 6.54 Å². The number of thiophene rings is 1. The second kappa shape index (κ2) is 6.04. The van der Waals surface area contributed by atoms with E-state index in [9.17, 15) is 0 Å². The van der Waals surface area contributed by atoms with Crippen LogP contribution in [-0.2, 0) is 6.54 Å². The number of rotatable bonds is 4. The number of anilines is 1. The number of benzene rings is 1. The molecule has 5 heteroatoms. The summed E-state index contributed by atoms with van der Waals surface area (Å²) in [5, 5.41) is 16.3. The molecule has 2 heterocycles. The summed E-state index contributed by atoms with van der Waals surface area (Å²) in [5.74, 6) is 0.810. The van der Waals surface area contributed by atoms with Crippen molar-refractivity contribution in [2.75, 3.05) is 5.32 Å². The van der Waals surface area contributed by atoms with Crippen LogP contribution < -0.4 is 5.32 Å². The second-order valence-electron chi connectivity index (χ2n) is 5.09. The highest BCUT2D eigenvalue weighted by Crippen LogP contribution is 2.31. The summed E-state index contributed by atoms with van der Waals surface area (Å²) in [4.78, 5) is 1.82. The van der Waals surface area contributed by atoms with Crippen LogP contribution in [0.15, 0.2) is 40.9 Å². The van der Waals surface area contributed by atoms with E-state index in [0.29, 0.717) is 6.54 Å². The largest absolute Gasteiger partial charge is 0.379 e. The smallest absolute Gasteiger partial charge is 0.133 e. The SMILES string of the molecule is Cc1cc(CNc2cc(-c3ccc(C#N)s3)ccc2C)no1. The Kier molecular flexibility index (Phi) is 3.94. The van der Waals surface area contributed by atoms with Crippen molar-refractivity contribution in [3.8, 4) is 16.5 Å². The lowest BCUT2D eigenvalue weighted by Crippen LogP contribution is -2.01. The van der Waals surface area contributed by atoms with Crippen LogP contribution in [0.4, 0.5) is 5.69 Å². The molecule has 4 nitrogen and oxygen atoms in total. The van der Waals surface area contributed by atoms with Gasteiger partial charge in [0.15, 0.2) is 0 Å². The lowest BCUT2D eigenvalue weighted by atomic mass is 10.1. The molecule has 0 aliphatic heterocycles. The third kappa shape index (κ3) is 3.02. The summed E-state index contributed by atoms with van der Waals surface area (Å²) in [6, 6.07) is 14.2. The minimum Gasteiger partial charge on any atom is -0.379 e. The van der Waals surface area contributed by atoms with Crippen molar-refractivity contribution >= 4 is 17.0 Å². The van der Waals surface area contributed by atoms with Gasteiger partial charge >= 0.3 is 0 Å². The van der Waals surface area contributed by atoms with E-state index >= 15 is 0 Å². The Morgan fingerprint density at radius 3 is 2.77 bits per heavy atom. The van der Waals surface area contributed by atoms with E-state index in [4.69, 9.17) is 9.78 Å². The van der Waals surface area contributed by atoms with Crippen molar-refractivity contribution in [1.29, 1.82) is 5.26 Å². The van der Waals surface area contributed by atoms with Crippen molar-refractivity contribution in [2.45, 2.75) is 20.4 Å².